The van der Waals surface area contributed by atoms with Crippen LogP contribution in [0.5, 0.6) is 5.75 Å². The molecule has 1 N–H and O–H groups in total. The monoisotopic (exact) mass is 513 g/mol. The molecule has 0 aliphatic carbocycles. The number of nitrogens with one attached hydrogen (secondary N) is 1. The number of likely N-dealkylation sites (N-methyl/N-ethyl adjacent to an activating group) is 1. The summed E-state index contributed by atoms with van der Waals surface area (Å²) in [6, 6.07) is 10.3. The third kappa shape index (κ3) is 6.85. The molecule has 8 nitrogen and oxygen atoms in total. The largest absolute Gasteiger partial charge is 0.491 e. The first-order valence-corrected chi connectivity index (χ1v) is 12.6. The van der Waals surface area contributed by atoms with E-state index < -0.39 is 17.8 Å². The number of hydrogen-bond acceptors (Lipinski definition) is 5. The standard InChI is InChI=1S/C28H36FN3O5/c1-6-9-26(33)30-20-12-13-22-24(14-20)37-17-19(3)32(28(35)21-10-7-8-11-23(21)29)15-18(2)25(36-5)16-31(4)27(22)34/h7-8,10-14,18-19,25H,6,9,15-17H2,1-5H3,(H,30,33)/t18-,19-,25-/m1/s1. The Labute approximate surface area is 217 Å². The summed E-state index contributed by atoms with van der Waals surface area (Å²) in [7, 11) is 3.25. The number of hydrogen-bond donors (Lipinski definition) is 1. The highest BCUT2D eigenvalue weighted by Gasteiger charge is 2.31. The van der Waals surface area contributed by atoms with Crippen LogP contribution in [0.15, 0.2) is 42.5 Å². The van der Waals surface area contributed by atoms with Crippen LogP contribution in [0, 0.1) is 11.7 Å². The van der Waals surface area contributed by atoms with Crippen molar-refractivity contribution < 1.29 is 28.2 Å². The summed E-state index contributed by atoms with van der Waals surface area (Å²) in [4.78, 5) is 42.1. The molecular weight excluding hydrogens is 477 g/mol. The van der Waals surface area contributed by atoms with Gasteiger partial charge in [0.15, 0.2) is 0 Å². The van der Waals surface area contributed by atoms with Gasteiger partial charge in [-0.05, 0) is 37.6 Å². The molecule has 0 bridgehead atoms. The SMILES string of the molecule is CCCC(=O)Nc1ccc2c(c1)OC[C@@H](C)N(C(=O)c1ccccc1F)C[C@@H](C)[C@H](OC)CN(C)C2=O. The fourth-order valence-electron chi connectivity index (χ4n) is 4.37. The minimum Gasteiger partial charge on any atom is -0.491 e. The Kier molecular flexibility index (Phi) is 9.63. The van der Waals surface area contributed by atoms with Gasteiger partial charge in [0.25, 0.3) is 11.8 Å². The second kappa shape index (κ2) is 12.7. The van der Waals surface area contributed by atoms with Crippen molar-refractivity contribution in [2.75, 3.05) is 39.2 Å². The molecule has 0 saturated heterocycles. The van der Waals surface area contributed by atoms with Crippen LogP contribution in [0.3, 0.4) is 0 Å². The summed E-state index contributed by atoms with van der Waals surface area (Å²) in [5, 5.41) is 2.82. The highest BCUT2D eigenvalue weighted by Crippen LogP contribution is 2.27. The van der Waals surface area contributed by atoms with Gasteiger partial charge in [0.2, 0.25) is 5.91 Å². The van der Waals surface area contributed by atoms with Gasteiger partial charge in [-0.1, -0.05) is 26.0 Å². The zero-order chi connectivity index (χ0) is 27.1. The third-order valence-corrected chi connectivity index (χ3v) is 6.57. The molecule has 200 valence electrons. The van der Waals surface area contributed by atoms with Crippen molar-refractivity contribution in [2.45, 2.75) is 45.8 Å². The first-order chi connectivity index (χ1) is 17.7. The molecule has 1 heterocycles. The van der Waals surface area contributed by atoms with Gasteiger partial charge in [0, 0.05) is 51.3 Å². The number of rotatable bonds is 5. The Morgan fingerprint density at radius 2 is 1.89 bits per heavy atom. The smallest absolute Gasteiger partial charge is 0.257 e. The lowest BCUT2D eigenvalue weighted by Crippen LogP contribution is -2.48. The fraction of sp³-hybridized carbons (Fsp3) is 0.464. The summed E-state index contributed by atoms with van der Waals surface area (Å²) in [6.45, 7) is 6.28. The number of fused-ring (bicyclic) bond motifs is 1. The maximum Gasteiger partial charge on any atom is 0.257 e. The lowest BCUT2D eigenvalue weighted by Gasteiger charge is -2.36. The molecule has 0 saturated carbocycles. The molecule has 2 aromatic rings. The van der Waals surface area contributed by atoms with Gasteiger partial charge in [-0.25, -0.2) is 4.39 Å². The average molecular weight is 514 g/mol. The van der Waals surface area contributed by atoms with Crippen molar-refractivity contribution in [3.63, 3.8) is 0 Å². The van der Waals surface area contributed by atoms with E-state index in [4.69, 9.17) is 9.47 Å². The van der Waals surface area contributed by atoms with Gasteiger partial charge in [0.1, 0.15) is 18.2 Å². The predicted molar refractivity (Wildman–Crippen MR) is 139 cm³/mol. The number of halogens is 1. The van der Waals surface area contributed by atoms with E-state index in [2.05, 4.69) is 5.32 Å². The van der Waals surface area contributed by atoms with Crippen LogP contribution in [-0.4, -0.2) is 73.5 Å². The number of nitrogens with zero attached hydrogens (tertiary/aromatic N) is 2. The van der Waals surface area contributed by atoms with Crippen LogP contribution in [0.1, 0.15) is 54.3 Å². The van der Waals surface area contributed by atoms with Crippen molar-refractivity contribution in [1.82, 2.24) is 9.80 Å². The molecule has 3 rings (SSSR count). The number of ether oxygens (including phenoxy) is 2. The summed E-state index contributed by atoms with van der Waals surface area (Å²) < 4.78 is 26.3. The first-order valence-electron chi connectivity index (χ1n) is 12.6. The highest BCUT2D eigenvalue weighted by atomic mass is 19.1. The molecule has 0 radical (unpaired) electrons. The molecule has 3 amide bonds. The van der Waals surface area contributed by atoms with Crippen LogP contribution < -0.4 is 10.1 Å². The van der Waals surface area contributed by atoms with Crippen LogP contribution in [-0.2, 0) is 9.53 Å². The van der Waals surface area contributed by atoms with E-state index in [-0.39, 0.29) is 49.1 Å². The van der Waals surface area contributed by atoms with Crippen molar-refractivity contribution in [3.8, 4) is 5.75 Å². The summed E-state index contributed by atoms with van der Waals surface area (Å²) in [5.74, 6) is -1.29. The molecule has 2 aromatic carbocycles. The van der Waals surface area contributed by atoms with E-state index in [1.165, 1.54) is 12.1 Å². The fourth-order valence-corrected chi connectivity index (χ4v) is 4.37. The highest BCUT2D eigenvalue weighted by molar-refractivity contribution is 5.98. The van der Waals surface area contributed by atoms with Crippen LogP contribution >= 0.6 is 0 Å². The van der Waals surface area contributed by atoms with Crippen molar-refractivity contribution in [3.05, 3.63) is 59.4 Å². The van der Waals surface area contributed by atoms with Gasteiger partial charge in [-0.3, -0.25) is 14.4 Å². The molecule has 9 heteroatoms. The molecule has 1 aliphatic rings. The first kappa shape index (κ1) is 28.1. The van der Waals surface area contributed by atoms with Crippen molar-refractivity contribution in [1.29, 1.82) is 0 Å². The lowest BCUT2D eigenvalue weighted by atomic mass is 10.0. The van der Waals surface area contributed by atoms with Crippen LogP contribution in [0.4, 0.5) is 10.1 Å². The van der Waals surface area contributed by atoms with Crippen LogP contribution in [0.25, 0.3) is 0 Å². The Balaban J connectivity index is 1.99. The zero-order valence-corrected chi connectivity index (χ0v) is 22.1. The average Bonchev–Trinajstić information content (AvgIpc) is 2.87. The van der Waals surface area contributed by atoms with E-state index in [0.29, 0.717) is 29.8 Å². The topological polar surface area (TPSA) is 88.2 Å². The van der Waals surface area contributed by atoms with Gasteiger partial charge >= 0.3 is 0 Å². The summed E-state index contributed by atoms with van der Waals surface area (Å²) >= 11 is 0. The maximum absolute atomic E-state index is 14.5. The maximum atomic E-state index is 14.5. The molecule has 0 aromatic heterocycles. The molecule has 37 heavy (non-hydrogen) atoms. The Hall–Kier alpha value is -3.46. The van der Waals surface area contributed by atoms with Gasteiger partial charge < -0.3 is 24.6 Å². The number of carbonyl (C=O) groups is 3. The zero-order valence-electron chi connectivity index (χ0n) is 22.1. The van der Waals surface area contributed by atoms with Gasteiger partial charge in [0.05, 0.1) is 23.3 Å². The minimum atomic E-state index is -0.592. The number of benzene rings is 2. The second-order valence-corrected chi connectivity index (χ2v) is 9.54. The van der Waals surface area contributed by atoms with E-state index >= 15 is 0 Å². The number of amides is 3. The molecule has 0 fully saturated rings. The van der Waals surface area contributed by atoms with Crippen molar-refractivity contribution in [2.24, 2.45) is 5.92 Å². The number of carbonyl (C=O) groups excluding carboxylic acids is 3. The van der Waals surface area contributed by atoms with Crippen molar-refractivity contribution >= 4 is 23.4 Å². The Morgan fingerprint density at radius 1 is 1.16 bits per heavy atom. The Bertz CT molecular complexity index is 1120. The summed E-state index contributed by atoms with van der Waals surface area (Å²) in [6.07, 6.45) is 0.716. The third-order valence-electron chi connectivity index (χ3n) is 6.57. The van der Waals surface area contributed by atoms with E-state index in [1.54, 1.807) is 54.3 Å². The molecule has 1 aliphatic heterocycles. The van der Waals surface area contributed by atoms with Gasteiger partial charge in [-0.15, -0.1) is 0 Å². The van der Waals surface area contributed by atoms with Crippen LogP contribution in [0.2, 0.25) is 0 Å². The predicted octanol–water partition coefficient (Wildman–Crippen LogP) is 4.21. The molecule has 3 atom stereocenters. The normalized spacial score (nSPS) is 20.8. The van der Waals surface area contributed by atoms with E-state index in [0.717, 1.165) is 0 Å². The quantitative estimate of drug-likeness (QED) is 0.647. The number of anilines is 1. The number of methoxy groups -OCH3 is 1. The lowest BCUT2D eigenvalue weighted by molar-refractivity contribution is -0.116. The molecule has 0 unspecified atom stereocenters. The summed E-state index contributed by atoms with van der Waals surface area (Å²) in [5.41, 5.74) is 0.824. The minimum absolute atomic E-state index is 0.0174. The Morgan fingerprint density at radius 3 is 2.57 bits per heavy atom. The van der Waals surface area contributed by atoms with Gasteiger partial charge in [-0.2, -0.15) is 0 Å². The molecular formula is C28H36FN3O5. The second-order valence-electron chi connectivity index (χ2n) is 9.54. The molecule has 0 spiro atoms. The van der Waals surface area contributed by atoms with E-state index in [9.17, 15) is 18.8 Å². The van der Waals surface area contributed by atoms with E-state index in [1.807, 2.05) is 20.8 Å².